The van der Waals surface area contributed by atoms with Crippen molar-refractivity contribution in [3.05, 3.63) is 71.9 Å². The molecular formula is C26H23F3N4O7. The van der Waals surface area contributed by atoms with E-state index < -0.39 is 66.1 Å². The van der Waals surface area contributed by atoms with Gasteiger partial charge in [-0.15, -0.1) is 5.10 Å². The van der Waals surface area contributed by atoms with E-state index in [2.05, 4.69) is 15.6 Å². The molecule has 210 valence electrons. The van der Waals surface area contributed by atoms with E-state index in [0.717, 1.165) is 16.8 Å². The molecule has 14 heteroatoms. The fraction of sp³-hybridized carbons (Fsp3) is 0.346. The SMILES string of the molecule is O=C(N[C@@H]1CCO[C@]12O[C@H](CO)[C@H](O)[C@H](n1cc(-c3cc(F)c(F)c(F)c3)nn1)[C@H]2O)c1coc2ccccc12. The average Bonchev–Trinajstić information content (AvgIpc) is 3.69. The van der Waals surface area contributed by atoms with Crippen LogP contribution in [0.5, 0.6) is 0 Å². The number of ether oxygens (including phenoxy) is 2. The molecule has 40 heavy (non-hydrogen) atoms. The van der Waals surface area contributed by atoms with Crippen molar-refractivity contribution in [3.8, 4) is 11.3 Å². The number of fused-ring (bicyclic) bond motifs is 1. The zero-order valence-electron chi connectivity index (χ0n) is 20.6. The summed E-state index contributed by atoms with van der Waals surface area (Å²) in [7, 11) is 0. The molecule has 4 aromatic rings. The Hall–Kier alpha value is -3.82. The number of furan rings is 1. The number of amides is 1. The summed E-state index contributed by atoms with van der Waals surface area (Å²) in [6.45, 7) is -0.621. The highest BCUT2D eigenvalue weighted by molar-refractivity contribution is 6.06. The maximum atomic E-state index is 13.8. The minimum Gasteiger partial charge on any atom is -0.463 e. The maximum absolute atomic E-state index is 13.8. The zero-order chi connectivity index (χ0) is 28.2. The summed E-state index contributed by atoms with van der Waals surface area (Å²) in [4.78, 5) is 13.2. The number of aromatic nitrogens is 3. The van der Waals surface area contributed by atoms with Crippen LogP contribution in [0.1, 0.15) is 22.8 Å². The van der Waals surface area contributed by atoms with Crippen LogP contribution in [-0.4, -0.2) is 79.6 Å². The lowest BCUT2D eigenvalue weighted by Gasteiger charge is -2.49. The molecule has 2 saturated heterocycles. The first-order valence-corrected chi connectivity index (χ1v) is 12.4. The predicted octanol–water partition coefficient (Wildman–Crippen LogP) is 1.68. The third-order valence-corrected chi connectivity index (χ3v) is 7.33. The summed E-state index contributed by atoms with van der Waals surface area (Å²) in [6.07, 6.45) is -1.78. The third-order valence-electron chi connectivity index (χ3n) is 7.33. The van der Waals surface area contributed by atoms with Crippen molar-refractivity contribution in [1.29, 1.82) is 0 Å². The second-order valence-corrected chi connectivity index (χ2v) is 9.63. The molecule has 6 atom stereocenters. The molecule has 0 unspecified atom stereocenters. The first kappa shape index (κ1) is 26.4. The zero-order valence-corrected chi connectivity index (χ0v) is 20.6. The number of aliphatic hydroxyl groups is 3. The fourth-order valence-corrected chi connectivity index (χ4v) is 5.33. The lowest BCUT2D eigenvalue weighted by molar-refractivity contribution is -0.344. The molecule has 0 radical (unpaired) electrons. The van der Waals surface area contributed by atoms with Gasteiger partial charge in [0.15, 0.2) is 17.5 Å². The lowest BCUT2D eigenvalue weighted by atomic mass is 9.86. The van der Waals surface area contributed by atoms with Gasteiger partial charge in [0.2, 0.25) is 5.79 Å². The van der Waals surface area contributed by atoms with Gasteiger partial charge in [0, 0.05) is 10.9 Å². The normalized spacial score (nSPS) is 28.4. The van der Waals surface area contributed by atoms with Crippen LogP contribution in [0.3, 0.4) is 0 Å². The van der Waals surface area contributed by atoms with Gasteiger partial charge in [0.25, 0.3) is 5.91 Å². The Morgan fingerprint density at radius 2 is 1.93 bits per heavy atom. The molecule has 0 saturated carbocycles. The number of benzene rings is 2. The number of carbonyl (C=O) groups excluding carboxylic acids is 1. The molecule has 2 aliphatic heterocycles. The molecule has 6 rings (SSSR count). The Kier molecular flexibility index (Phi) is 6.59. The molecule has 2 aromatic heterocycles. The molecule has 11 nitrogen and oxygen atoms in total. The molecule has 0 bridgehead atoms. The van der Waals surface area contributed by atoms with Gasteiger partial charge in [-0.05, 0) is 24.6 Å². The highest BCUT2D eigenvalue weighted by Gasteiger charge is 2.62. The van der Waals surface area contributed by atoms with E-state index in [-0.39, 0.29) is 29.8 Å². The second kappa shape index (κ2) is 9.98. The Morgan fingerprint density at radius 1 is 1.18 bits per heavy atom. The third kappa shape index (κ3) is 4.15. The summed E-state index contributed by atoms with van der Waals surface area (Å²) in [5.41, 5.74) is 0.535. The van der Waals surface area contributed by atoms with Gasteiger partial charge >= 0.3 is 0 Å². The van der Waals surface area contributed by atoms with Crippen molar-refractivity contribution >= 4 is 16.9 Å². The Labute approximate surface area is 223 Å². The summed E-state index contributed by atoms with van der Waals surface area (Å²) >= 11 is 0. The van der Waals surface area contributed by atoms with E-state index in [0.29, 0.717) is 11.0 Å². The summed E-state index contributed by atoms with van der Waals surface area (Å²) in [6, 6.07) is 6.13. The predicted molar refractivity (Wildman–Crippen MR) is 129 cm³/mol. The van der Waals surface area contributed by atoms with Crippen molar-refractivity contribution in [2.24, 2.45) is 0 Å². The van der Waals surface area contributed by atoms with Gasteiger partial charge in [-0.3, -0.25) is 4.79 Å². The van der Waals surface area contributed by atoms with E-state index in [1.54, 1.807) is 24.3 Å². The molecule has 4 heterocycles. The summed E-state index contributed by atoms with van der Waals surface area (Å²) in [5.74, 6) is -6.94. The van der Waals surface area contributed by atoms with E-state index in [1.165, 1.54) is 12.5 Å². The van der Waals surface area contributed by atoms with Crippen molar-refractivity contribution < 1.29 is 47.2 Å². The number of carbonyl (C=O) groups is 1. The van der Waals surface area contributed by atoms with Crippen LogP contribution in [0.15, 0.2) is 53.3 Å². The number of nitrogens with one attached hydrogen (secondary N) is 1. The van der Waals surface area contributed by atoms with E-state index in [1.807, 2.05) is 0 Å². The van der Waals surface area contributed by atoms with Gasteiger partial charge in [-0.25, -0.2) is 17.9 Å². The van der Waals surface area contributed by atoms with Gasteiger partial charge in [0.1, 0.15) is 41.9 Å². The molecule has 1 amide bonds. The van der Waals surface area contributed by atoms with E-state index >= 15 is 0 Å². The Morgan fingerprint density at radius 3 is 2.67 bits per heavy atom. The standard InChI is InChI=1S/C26H23F3N4O7/c27-15-7-12(8-16(28)21(15)29)17-9-33(32-31-17)22-23(35)19(10-34)40-26(24(22)36)20(5-6-39-26)30-25(37)14-11-38-18-4-2-1-3-13(14)18/h1-4,7-9,11,19-20,22-24,34-36H,5-6,10H2,(H,30,37)/t19-,20-,22+,23+,24-,26+/m1/s1. The van der Waals surface area contributed by atoms with E-state index in [4.69, 9.17) is 13.9 Å². The maximum Gasteiger partial charge on any atom is 0.255 e. The van der Waals surface area contributed by atoms with Crippen molar-refractivity contribution in [2.45, 2.75) is 42.6 Å². The number of para-hydroxylation sites is 1. The second-order valence-electron chi connectivity index (χ2n) is 9.63. The van der Waals surface area contributed by atoms with Crippen LogP contribution in [0, 0.1) is 17.5 Å². The smallest absolute Gasteiger partial charge is 0.255 e. The van der Waals surface area contributed by atoms with Gasteiger partial charge in [-0.1, -0.05) is 23.4 Å². The van der Waals surface area contributed by atoms with Crippen LogP contribution in [-0.2, 0) is 9.47 Å². The number of aliphatic hydroxyl groups excluding tert-OH is 3. The molecular weight excluding hydrogens is 537 g/mol. The number of halogens is 3. The minimum atomic E-state index is -1.91. The molecule has 4 N–H and O–H groups in total. The summed E-state index contributed by atoms with van der Waals surface area (Å²) < 4.78 is 59.3. The monoisotopic (exact) mass is 560 g/mol. The Bertz CT molecular complexity index is 1560. The highest BCUT2D eigenvalue weighted by atomic mass is 19.2. The first-order valence-electron chi connectivity index (χ1n) is 12.4. The van der Waals surface area contributed by atoms with Gasteiger partial charge < -0.3 is 34.5 Å². The van der Waals surface area contributed by atoms with Crippen LogP contribution in [0.25, 0.3) is 22.2 Å². The van der Waals surface area contributed by atoms with Crippen LogP contribution < -0.4 is 5.32 Å². The van der Waals surface area contributed by atoms with Crippen molar-refractivity contribution in [1.82, 2.24) is 20.3 Å². The largest absolute Gasteiger partial charge is 0.463 e. The molecule has 2 fully saturated rings. The number of hydrogen-bond acceptors (Lipinski definition) is 9. The topological polar surface area (TPSA) is 152 Å². The number of rotatable bonds is 5. The fourth-order valence-electron chi connectivity index (χ4n) is 5.33. The van der Waals surface area contributed by atoms with Crippen LogP contribution >= 0.6 is 0 Å². The highest BCUT2D eigenvalue weighted by Crippen LogP contribution is 2.43. The van der Waals surface area contributed by atoms with Gasteiger partial charge in [0.05, 0.1) is 31.0 Å². The lowest BCUT2D eigenvalue weighted by Crippen LogP contribution is -2.69. The van der Waals surface area contributed by atoms with Crippen molar-refractivity contribution in [3.63, 3.8) is 0 Å². The summed E-state index contributed by atoms with van der Waals surface area (Å²) in [5, 5.41) is 43.6. The molecule has 0 aliphatic carbocycles. The number of nitrogens with zero attached hydrogens (tertiary/aromatic N) is 3. The molecule has 2 aliphatic rings. The quantitative estimate of drug-likeness (QED) is 0.267. The van der Waals surface area contributed by atoms with Gasteiger partial charge in [-0.2, -0.15) is 0 Å². The minimum absolute atomic E-state index is 0.0614. The average molecular weight is 560 g/mol. The molecule has 1 spiro atoms. The van der Waals surface area contributed by atoms with Crippen molar-refractivity contribution in [2.75, 3.05) is 13.2 Å². The molecule has 2 aromatic carbocycles. The number of hydrogen-bond donors (Lipinski definition) is 4. The first-order chi connectivity index (χ1) is 19.2. The van der Waals surface area contributed by atoms with Crippen LogP contribution in [0.4, 0.5) is 13.2 Å². The van der Waals surface area contributed by atoms with E-state index in [9.17, 15) is 33.3 Å². The van der Waals surface area contributed by atoms with Crippen LogP contribution in [0.2, 0.25) is 0 Å². The Balaban J connectivity index is 1.32.